The smallest absolute Gasteiger partial charge is 0.475 e. The van der Waals surface area contributed by atoms with Gasteiger partial charge in [-0.25, -0.2) is 9.59 Å². The molecule has 41 heavy (non-hydrogen) atoms. The minimum atomic E-state index is -5.08. The van der Waals surface area contributed by atoms with Crippen molar-refractivity contribution in [1.29, 1.82) is 0 Å². The van der Waals surface area contributed by atoms with Crippen LogP contribution >= 0.6 is 0 Å². The van der Waals surface area contributed by atoms with Crippen LogP contribution in [0.25, 0.3) is 0 Å². The molecule has 11 nitrogen and oxygen atoms in total. The van der Waals surface area contributed by atoms with E-state index in [-0.39, 0.29) is 6.10 Å². The summed E-state index contributed by atoms with van der Waals surface area (Å²) in [5, 5.41) is 23.2. The highest BCUT2D eigenvalue weighted by atomic mass is 19.4. The molecule has 0 spiro atoms. The summed E-state index contributed by atoms with van der Waals surface area (Å²) in [5.41, 5.74) is 3.59. The van der Waals surface area contributed by atoms with Gasteiger partial charge in [-0.3, -0.25) is 19.2 Å². The minimum absolute atomic E-state index is 0.0828. The molecule has 1 aliphatic rings. The van der Waals surface area contributed by atoms with Crippen molar-refractivity contribution < 1.29 is 50.9 Å². The maximum absolute atomic E-state index is 10.6. The number of aromatic nitrogens is 5. The number of ether oxygens (including phenoxy) is 1. The van der Waals surface area contributed by atoms with E-state index in [9.17, 15) is 26.3 Å². The van der Waals surface area contributed by atoms with Crippen LogP contribution in [0.1, 0.15) is 36.7 Å². The van der Waals surface area contributed by atoms with Crippen LogP contribution in [0.5, 0.6) is 0 Å². The Morgan fingerprint density at radius 3 is 2.05 bits per heavy atom. The average molecular weight is 595 g/mol. The number of carboxylic acids is 2. The van der Waals surface area contributed by atoms with Crippen molar-refractivity contribution in [2.24, 2.45) is 0 Å². The SMILES string of the molecule is CC(C)n1cc(CN2Cc3ccnn3CC(OCc3ccncc3)C2)cn1.O=C(O)C(F)(F)F.O=C(O)C(F)(F)F. The van der Waals surface area contributed by atoms with E-state index in [0.29, 0.717) is 12.6 Å². The molecule has 0 saturated carbocycles. The number of hydrogen-bond acceptors (Lipinski definition) is 7. The summed E-state index contributed by atoms with van der Waals surface area (Å²) in [6.45, 7) is 8.23. The molecule has 0 radical (unpaired) electrons. The molecular weight excluding hydrogens is 566 g/mol. The second-order valence-electron chi connectivity index (χ2n) is 8.99. The lowest BCUT2D eigenvalue weighted by molar-refractivity contribution is -0.193. The van der Waals surface area contributed by atoms with E-state index in [2.05, 4.69) is 50.9 Å². The molecule has 17 heteroatoms. The molecule has 0 fully saturated rings. The van der Waals surface area contributed by atoms with Gasteiger partial charge in [0.1, 0.15) is 0 Å². The summed E-state index contributed by atoms with van der Waals surface area (Å²) in [4.78, 5) is 24.3. The number of carboxylic acid groups (broad SMARTS) is 2. The molecule has 4 heterocycles. The van der Waals surface area contributed by atoms with Gasteiger partial charge in [0.25, 0.3) is 0 Å². The van der Waals surface area contributed by atoms with E-state index < -0.39 is 24.3 Å². The Labute approximate surface area is 230 Å². The van der Waals surface area contributed by atoms with Crippen molar-refractivity contribution in [3.8, 4) is 0 Å². The summed E-state index contributed by atoms with van der Waals surface area (Å²) in [5.74, 6) is -5.51. The number of carbonyl (C=O) groups is 2. The quantitative estimate of drug-likeness (QED) is 0.407. The monoisotopic (exact) mass is 594 g/mol. The molecule has 2 N–H and O–H groups in total. The average Bonchev–Trinajstić information content (AvgIpc) is 3.49. The topological polar surface area (TPSA) is 136 Å². The molecule has 1 atom stereocenters. The number of fused-ring (bicyclic) bond motifs is 1. The van der Waals surface area contributed by atoms with Crippen LogP contribution in [-0.4, -0.2) is 76.6 Å². The predicted octanol–water partition coefficient (Wildman–Crippen LogP) is 3.92. The number of rotatable bonds is 6. The van der Waals surface area contributed by atoms with E-state index in [1.165, 1.54) is 11.3 Å². The van der Waals surface area contributed by atoms with Crippen LogP contribution in [0, 0.1) is 0 Å². The maximum Gasteiger partial charge on any atom is 0.490 e. The molecule has 0 bridgehead atoms. The largest absolute Gasteiger partial charge is 0.490 e. The van der Waals surface area contributed by atoms with E-state index in [1.807, 2.05) is 29.2 Å². The summed E-state index contributed by atoms with van der Waals surface area (Å²) in [7, 11) is 0. The number of aliphatic carboxylic acids is 2. The van der Waals surface area contributed by atoms with E-state index in [1.54, 1.807) is 12.4 Å². The van der Waals surface area contributed by atoms with Gasteiger partial charge in [0.15, 0.2) is 0 Å². The van der Waals surface area contributed by atoms with Gasteiger partial charge in [0, 0.05) is 56.0 Å². The zero-order valence-corrected chi connectivity index (χ0v) is 21.9. The second-order valence-corrected chi connectivity index (χ2v) is 8.99. The predicted molar refractivity (Wildman–Crippen MR) is 129 cm³/mol. The van der Waals surface area contributed by atoms with Gasteiger partial charge in [-0.15, -0.1) is 0 Å². The van der Waals surface area contributed by atoms with Crippen LogP contribution in [0.15, 0.2) is 49.2 Å². The van der Waals surface area contributed by atoms with Gasteiger partial charge < -0.3 is 14.9 Å². The van der Waals surface area contributed by atoms with Crippen LogP contribution in [0.2, 0.25) is 0 Å². The number of pyridine rings is 1. The van der Waals surface area contributed by atoms with Gasteiger partial charge in [0.05, 0.1) is 31.1 Å². The van der Waals surface area contributed by atoms with E-state index in [4.69, 9.17) is 24.5 Å². The van der Waals surface area contributed by atoms with Crippen molar-refractivity contribution in [2.45, 2.75) is 64.6 Å². The van der Waals surface area contributed by atoms with Crippen molar-refractivity contribution in [3.05, 3.63) is 66.0 Å². The number of nitrogens with zero attached hydrogens (tertiary/aromatic N) is 6. The molecule has 0 aliphatic carbocycles. The fraction of sp³-hybridized carbons (Fsp3) is 0.458. The molecule has 4 rings (SSSR count). The van der Waals surface area contributed by atoms with Crippen LogP contribution in [0.4, 0.5) is 26.3 Å². The Kier molecular flexibility index (Phi) is 11.8. The highest BCUT2D eigenvalue weighted by Gasteiger charge is 2.38. The summed E-state index contributed by atoms with van der Waals surface area (Å²) < 4.78 is 73.8. The first-order chi connectivity index (χ1) is 19.1. The lowest BCUT2D eigenvalue weighted by Gasteiger charge is -2.23. The molecule has 3 aromatic rings. The van der Waals surface area contributed by atoms with Crippen LogP contribution in [-0.2, 0) is 40.6 Å². The van der Waals surface area contributed by atoms with Crippen molar-refractivity contribution in [2.75, 3.05) is 6.54 Å². The number of halogens is 6. The molecule has 0 aromatic carbocycles. The Bertz CT molecular complexity index is 1220. The third-order valence-electron chi connectivity index (χ3n) is 5.34. The Hall–Kier alpha value is -3.99. The molecule has 0 amide bonds. The van der Waals surface area contributed by atoms with E-state index in [0.717, 1.165) is 31.7 Å². The fourth-order valence-corrected chi connectivity index (χ4v) is 3.41. The molecular formula is C24H28F6N6O5. The summed E-state index contributed by atoms with van der Waals surface area (Å²) >= 11 is 0. The van der Waals surface area contributed by atoms with Crippen LogP contribution in [0.3, 0.4) is 0 Å². The first-order valence-electron chi connectivity index (χ1n) is 11.9. The Balaban J connectivity index is 0.000000349. The zero-order valence-electron chi connectivity index (χ0n) is 21.9. The Morgan fingerprint density at radius 2 is 1.54 bits per heavy atom. The lowest BCUT2D eigenvalue weighted by atomic mass is 10.2. The molecule has 1 unspecified atom stereocenters. The highest BCUT2D eigenvalue weighted by molar-refractivity contribution is 5.73. The third kappa shape index (κ3) is 11.6. The van der Waals surface area contributed by atoms with Crippen molar-refractivity contribution in [3.63, 3.8) is 0 Å². The fourth-order valence-electron chi connectivity index (χ4n) is 3.41. The van der Waals surface area contributed by atoms with Gasteiger partial charge in [-0.1, -0.05) is 0 Å². The third-order valence-corrected chi connectivity index (χ3v) is 5.34. The summed E-state index contributed by atoms with van der Waals surface area (Å²) in [6, 6.07) is 6.46. The first-order valence-corrected chi connectivity index (χ1v) is 11.9. The Morgan fingerprint density at radius 1 is 0.951 bits per heavy atom. The minimum Gasteiger partial charge on any atom is -0.475 e. The highest BCUT2D eigenvalue weighted by Crippen LogP contribution is 2.18. The van der Waals surface area contributed by atoms with Crippen LogP contribution < -0.4 is 0 Å². The zero-order chi connectivity index (χ0) is 30.8. The van der Waals surface area contributed by atoms with Gasteiger partial charge in [-0.2, -0.15) is 36.5 Å². The van der Waals surface area contributed by atoms with Crippen molar-refractivity contribution >= 4 is 11.9 Å². The molecule has 0 saturated heterocycles. The normalized spacial score (nSPS) is 15.6. The molecule has 226 valence electrons. The number of hydrogen-bond donors (Lipinski definition) is 2. The second kappa shape index (κ2) is 14.6. The molecule has 1 aliphatic heterocycles. The standard InChI is InChI=1S/C20H26N6O.2C2HF3O2/c1-16(2)25-11-18(9-23-25)10-24-12-19-5-8-22-26(19)14-20(13-24)27-15-17-3-6-21-7-4-17;2*3-2(4,5)1(6)7/h3-9,11,16,20H,10,12-15H2,1-2H3;2*(H,6,7). The van der Waals surface area contributed by atoms with E-state index >= 15 is 0 Å². The first kappa shape index (κ1) is 33.2. The molecule has 3 aromatic heterocycles. The van der Waals surface area contributed by atoms with Gasteiger partial charge >= 0.3 is 24.3 Å². The maximum atomic E-state index is 10.6. The van der Waals surface area contributed by atoms with Crippen molar-refractivity contribution in [1.82, 2.24) is 29.4 Å². The summed E-state index contributed by atoms with van der Waals surface area (Å²) in [6.07, 6.45) is -0.504. The number of alkyl halides is 6. The van der Waals surface area contributed by atoms with Gasteiger partial charge in [0.2, 0.25) is 0 Å². The lowest BCUT2D eigenvalue weighted by Crippen LogP contribution is -2.32. The van der Waals surface area contributed by atoms with Gasteiger partial charge in [-0.05, 0) is 37.6 Å².